The number of rotatable bonds is 9. The van der Waals surface area contributed by atoms with Gasteiger partial charge in [-0.15, -0.1) is 0 Å². The quantitative estimate of drug-likeness (QED) is 0.135. The summed E-state index contributed by atoms with van der Waals surface area (Å²) in [4.78, 5) is 46.7. The fourth-order valence-corrected chi connectivity index (χ4v) is 7.43. The molecular formula is C42H36Cl2N8O2. The monoisotopic (exact) mass is 754 g/mol. The van der Waals surface area contributed by atoms with Crippen LogP contribution in [0.5, 0.6) is 0 Å². The van der Waals surface area contributed by atoms with E-state index in [1.165, 1.54) is 0 Å². The van der Waals surface area contributed by atoms with Gasteiger partial charge in [-0.2, -0.15) is 0 Å². The molecule has 3 aromatic carbocycles. The summed E-state index contributed by atoms with van der Waals surface area (Å²) in [5, 5.41) is 8.34. The highest BCUT2D eigenvalue weighted by Gasteiger charge is 2.29. The van der Waals surface area contributed by atoms with Crippen LogP contribution in [0, 0.1) is 0 Å². The number of piperidine rings is 1. The molecule has 4 aromatic heterocycles. The number of anilines is 2. The van der Waals surface area contributed by atoms with Crippen LogP contribution in [0.1, 0.15) is 52.2 Å². The molecule has 0 radical (unpaired) electrons. The number of carbonyl (C=O) groups excluding carboxylic acids is 2. The molecule has 1 fully saturated rings. The number of hydrogen-bond donors (Lipinski definition) is 3. The van der Waals surface area contributed by atoms with Gasteiger partial charge in [-0.1, -0.05) is 71.7 Å². The van der Waals surface area contributed by atoms with Crippen molar-refractivity contribution < 1.29 is 9.59 Å². The first kappa shape index (κ1) is 35.1. The molecule has 1 atom stereocenters. The lowest BCUT2D eigenvalue weighted by atomic mass is 9.99. The van der Waals surface area contributed by atoms with Gasteiger partial charge >= 0.3 is 0 Å². The third-order valence-electron chi connectivity index (χ3n) is 9.92. The first-order valence-corrected chi connectivity index (χ1v) is 18.5. The molecule has 2 amide bonds. The molecule has 1 aliphatic rings. The number of hydrogen-bond acceptors (Lipinski definition) is 6. The molecule has 54 heavy (non-hydrogen) atoms. The molecule has 5 heterocycles. The summed E-state index contributed by atoms with van der Waals surface area (Å²) < 4.78 is 2.10. The summed E-state index contributed by atoms with van der Waals surface area (Å²) in [6, 6.07) is 30.3. The molecule has 1 aliphatic heterocycles. The minimum absolute atomic E-state index is 0.00960. The lowest BCUT2D eigenvalue weighted by molar-refractivity contribution is 0.0930. The predicted molar refractivity (Wildman–Crippen MR) is 214 cm³/mol. The molecule has 12 heteroatoms. The maximum absolute atomic E-state index is 14.6. The van der Waals surface area contributed by atoms with Gasteiger partial charge in [-0.3, -0.25) is 14.6 Å². The molecule has 8 rings (SSSR count). The summed E-state index contributed by atoms with van der Waals surface area (Å²) in [6.45, 7) is 3.40. The highest BCUT2D eigenvalue weighted by Crippen LogP contribution is 2.42. The van der Waals surface area contributed by atoms with Gasteiger partial charge < -0.3 is 25.1 Å². The van der Waals surface area contributed by atoms with E-state index in [0.29, 0.717) is 51.5 Å². The van der Waals surface area contributed by atoms with Crippen LogP contribution in [0.3, 0.4) is 0 Å². The third-order valence-corrected chi connectivity index (χ3v) is 10.4. The molecule has 0 saturated carbocycles. The number of aromatic nitrogens is 5. The zero-order valence-corrected chi connectivity index (χ0v) is 30.9. The Balaban J connectivity index is 1.14. The van der Waals surface area contributed by atoms with Crippen molar-refractivity contribution in [1.82, 2.24) is 29.8 Å². The summed E-state index contributed by atoms with van der Waals surface area (Å²) in [6.07, 6.45) is 8.21. The fourth-order valence-electron chi connectivity index (χ4n) is 7.13. The Hall–Kier alpha value is -5.97. The second-order valence-corrected chi connectivity index (χ2v) is 14.2. The first-order valence-electron chi connectivity index (χ1n) is 17.8. The van der Waals surface area contributed by atoms with Crippen LogP contribution in [-0.4, -0.2) is 55.4 Å². The highest BCUT2D eigenvalue weighted by atomic mass is 35.5. The van der Waals surface area contributed by atoms with Gasteiger partial charge in [0.15, 0.2) is 5.82 Å². The number of pyridine rings is 2. The lowest BCUT2D eigenvalue weighted by Gasteiger charge is -2.34. The van der Waals surface area contributed by atoms with Gasteiger partial charge in [0.2, 0.25) is 0 Å². The van der Waals surface area contributed by atoms with Gasteiger partial charge in [-0.05, 0) is 73.9 Å². The SMILES string of the molecule is CC(c1ccc(Cl)cc1)n1cnc(-c2ccccc2)c1-c1c(C(=O)Nc2cccnc2N2CCC(NC(=O)c3cccnc3)CC2)[nH]c2cc(Cl)ccc12. The number of benzene rings is 3. The first-order chi connectivity index (χ1) is 26.3. The van der Waals surface area contributed by atoms with Crippen molar-refractivity contribution in [3.63, 3.8) is 0 Å². The lowest BCUT2D eigenvalue weighted by Crippen LogP contribution is -2.45. The van der Waals surface area contributed by atoms with E-state index in [9.17, 15) is 9.59 Å². The maximum atomic E-state index is 14.6. The van der Waals surface area contributed by atoms with Crippen LogP contribution < -0.4 is 15.5 Å². The van der Waals surface area contributed by atoms with E-state index in [1.807, 2.05) is 91.3 Å². The number of aromatic amines is 1. The van der Waals surface area contributed by atoms with Crippen molar-refractivity contribution in [2.24, 2.45) is 0 Å². The Bertz CT molecular complexity index is 2440. The van der Waals surface area contributed by atoms with Gasteiger partial charge in [-0.25, -0.2) is 9.97 Å². The molecule has 7 aromatic rings. The molecule has 0 spiro atoms. The van der Waals surface area contributed by atoms with E-state index in [0.717, 1.165) is 46.3 Å². The number of carbonyl (C=O) groups is 2. The van der Waals surface area contributed by atoms with E-state index >= 15 is 0 Å². The molecule has 0 aliphatic carbocycles. The van der Waals surface area contributed by atoms with E-state index < -0.39 is 0 Å². The summed E-state index contributed by atoms with van der Waals surface area (Å²) >= 11 is 12.8. The Morgan fingerprint density at radius 3 is 2.37 bits per heavy atom. The number of H-pyrrole nitrogens is 1. The summed E-state index contributed by atoms with van der Waals surface area (Å²) in [5.41, 5.74) is 6.36. The van der Waals surface area contributed by atoms with Crippen molar-refractivity contribution in [2.75, 3.05) is 23.3 Å². The molecule has 10 nitrogen and oxygen atoms in total. The van der Waals surface area contributed by atoms with Crippen LogP contribution >= 0.6 is 23.2 Å². The topological polar surface area (TPSA) is 121 Å². The molecule has 1 saturated heterocycles. The molecule has 0 bridgehead atoms. The number of imidazole rings is 1. The highest BCUT2D eigenvalue weighted by molar-refractivity contribution is 6.31. The second kappa shape index (κ2) is 15.2. The van der Waals surface area contributed by atoms with Gasteiger partial charge in [0.25, 0.3) is 11.8 Å². The summed E-state index contributed by atoms with van der Waals surface area (Å²) in [5.74, 6) is 0.188. The van der Waals surface area contributed by atoms with E-state index in [-0.39, 0.29) is 23.9 Å². The minimum atomic E-state index is -0.337. The van der Waals surface area contributed by atoms with Crippen LogP contribution in [0.25, 0.3) is 33.4 Å². The molecular weight excluding hydrogens is 719 g/mol. The minimum Gasteiger partial charge on any atom is -0.355 e. The van der Waals surface area contributed by atoms with Crippen molar-refractivity contribution in [1.29, 1.82) is 0 Å². The molecule has 1 unspecified atom stereocenters. The van der Waals surface area contributed by atoms with Gasteiger partial charge in [0.05, 0.1) is 35.0 Å². The van der Waals surface area contributed by atoms with Crippen molar-refractivity contribution in [3.8, 4) is 22.5 Å². The summed E-state index contributed by atoms with van der Waals surface area (Å²) in [7, 11) is 0. The zero-order valence-electron chi connectivity index (χ0n) is 29.3. The number of amides is 2. The number of fused-ring (bicyclic) bond motifs is 1. The largest absolute Gasteiger partial charge is 0.355 e. The van der Waals surface area contributed by atoms with Crippen LogP contribution in [0.15, 0.2) is 122 Å². The Kier molecular flexibility index (Phi) is 9.86. The standard InChI is InChI=1S/C42H36Cl2N8O2/c1-26(27-11-13-30(43)14-12-27)52-25-47-37(28-7-3-2-4-8-28)39(52)36-33-16-15-31(44)23-35(33)49-38(36)42(54)50-34-10-6-20-46-40(34)51-21-17-32(18-22-51)48-41(53)29-9-5-19-45-24-29/h2-16,19-20,23-26,32,49H,17-18,21-22H2,1H3,(H,48,53)(H,50,54). The number of nitrogens with one attached hydrogen (secondary N) is 3. The van der Waals surface area contributed by atoms with Crippen LogP contribution in [0.2, 0.25) is 10.0 Å². The average molecular weight is 756 g/mol. The fraction of sp³-hybridized carbons (Fsp3) is 0.167. The van der Waals surface area contributed by atoms with E-state index in [4.69, 9.17) is 33.2 Å². The Morgan fingerprint density at radius 2 is 1.61 bits per heavy atom. The van der Waals surface area contributed by atoms with Gasteiger partial charge in [0, 0.05) is 69.8 Å². The predicted octanol–water partition coefficient (Wildman–Crippen LogP) is 9.06. The van der Waals surface area contributed by atoms with Gasteiger partial charge in [0.1, 0.15) is 5.69 Å². The van der Waals surface area contributed by atoms with E-state index in [2.05, 4.69) is 37.0 Å². The number of halogens is 2. The molecule has 3 N–H and O–H groups in total. The van der Waals surface area contributed by atoms with Crippen LogP contribution in [0.4, 0.5) is 11.5 Å². The number of nitrogens with zero attached hydrogens (tertiary/aromatic N) is 5. The third kappa shape index (κ3) is 7.05. The van der Waals surface area contributed by atoms with Crippen LogP contribution in [-0.2, 0) is 0 Å². The van der Waals surface area contributed by atoms with Crippen molar-refractivity contribution in [3.05, 3.63) is 149 Å². The van der Waals surface area contributed by atoms with Crippen molar-refractivity contribution >= 4 is 57.4 Å². The second-order valence-electron chi connectivity index (χ2n) is 13.3. The zero-order chi connectivity index (χ0) is 37.2. The maximum Gasteiger partial charge on any atom is 0.272 e. The average Bonchev–Trinajstić information content (AvgIpc) is 3.81. The Labute approximate surface area is 322 Å². The van der Waals surface area contributed by atoms with Crippen molar-refractivity contribution in [2.45, 2.75) is 31.8 Å². The smallest absolute Gasteiger partial charge is 0.272 e. The van der Waals surface area contributed by atoms with E-state index in [1.54, 1.807) is 30.7 Å². The normalized spacial score (nSPS) is 13.9. The molecule has 270 valence electrons. The Morgan fingerprint density at radius 1 is 0.852 bits per heavy atom.